The molecule has 0 atom stereocenters. The summed E-state index contributed by atoms with van der Waals surface area (Å²) in [6.07, 6.45) is 2.04. The van der Waals surface area contributed by atoms with Gasteiger partial charge >= 0.3 is 5.69 Å². The van der Waals surface area contributed by atoms with E-state index >= 15 is 0 Å². The van der Waals surface area contributed by atoms with Crippen LogP contribution >= 0.6 is 11.6 Å². The Bertz CT molecular complexity index is 1590. The van der Waals surface area contributed by atoms with Gasteiger partial charge in [0.25, 0.3) is 5.56 Å². The van der Waals surface area contributed by atoms with E-state index in [-0.39, 0.29) is 17.7 Å². The van der Waals surface area contributed by atoms with E-state index in [1.165, 1.54) is 39.7 Å². The molecule has 6 nitrogen and oxygen atoms in total. The van der Waals surface area contributed by atoms with E-state index in [0.717, 1.165) is 11.1 Å². The number of rotatable bonds is 6. The Hall–Kier alpha value is -3.97. The predicted molar refractivity (Wildman–Crippen MR) is 130 cm³/mol. The van der Waals surface area contributed by atoms with E-state index < -0.39 is 17.1 Å². The molecular weight excluding hydrogens is 455 g/mol. The summed E-state index contributed by atoms with van der Waals surface area (Å²) in [6, 6.07) is 22.5. The van der Waals surface area contributed by atoms with Gasteiger partial charge in [0.2, 0.25) is 0 Å². The molecule has 2 aromatic heterocycles. The molecule has 170 valence electrons. The van der Waals surface area contributed by atoms with Crippen LogP contribution in [0.15, 0.2) is 94.8 Å². The Morgan fingerprint density at radius 3 is 2.35 bits per heavy atom. The van der Waals surface area contributed by atoms with Gasteiger partial charge in [0, 0.05) is 18.1 Å². The summed E-state index contributed by atoms with van der Waals surface area (Å²) in [5.74, 6) is -0.420. The first-order valence-corrected chi connectivity index (χ1v) is 11.1. The minimum atomic E-state index is -0.520. The zero-order valence-corrected chi connectivity index (χ0v) is 18.8. The number of hydrogen-bond donors (Lipinski definition) is 0. The van der Waals surface area contributed by atoms with Crippen LogP contribution in [0.2, 0.25) is 5.02 Å². The molecule has 2 heterocycles. The van der Waals surface area contributed by atoms with Gasteiger partial charge in [-0.1, -0.05) is 54.1 Å². The lowest BCUT2D eigenvalue weighted by Crippen LogP contribution is -2.40. The summed E-state index contributed by atoms with van der Waals surface area (Å²) in [6.45, 7) is 0.549. The molecule has 0 aliphatic heterocycles. The van der Waals surface area contributed by atoms with Gasteiger partial charge < -0.3 is 4.57 Å². The third-order valence-corrected chi connectivity index (χ3v) is 5.93. The van der Waals surface area contributed by atoms with Gasteiger partial charge in [-0.05, 0) is 53.9 Å². The Morgan fingerprint density at radius 1 is 0.882 bits per heavy atom. The first kappa shape index (κ1) is 21.9. The van der Waals surface area contributed by atoms with E-state index in [1.807, 2.05) is 48.5 Å². The number of aromatic nitrogens is 4. The highest BCUT2D eigenvalue weighted by molar-refractivity contribution is 6.30. The van der Waals surface area contributed by atoms with Crippen molar-refractivity contribution in [3.8, 4) is 5.69 Å². The van der Waals surface area contributed by atoms with E-state index in [2.05, 4.69) is 4.98 Å². The first-order chi connectivity index (χ1) is 16.5. The Kier molecular flexibility index (Phi) is 5.86. The number of imidazole rings is 1. The summed E-state index contributed by atoms with van der Waals surface area (Å²) < 4.78 is 17.9. The van der Waals surface area contributed by atoms with Crippen LogP contribution in [0.3, 0.4) is 0 Å². The van der Waals surface area contributed by atoms with Crippen LogP contribution in [-0.2, 0) is 19.5 Å². The van der Waals surface area contributed by atoms with Crippen LogP contribution in [0, 0.1) is 5.82 Å². The smallest absolute Gasteiger partial charge is 0.320 e. The predicted octanol–water partition coefficient (Wildman–Crippen LogP) is 4.43. The molecule has 0 aliphatic carbocycles. The lowest BCUT2D eigenvalue weighted by molar-refractivity contribution is 0.613. The quantitative estimate of drug-likeness (QED) is 0.366. The molecule has 0 radical (unpaired) electrons. The highest BCUT2D eigenvalue weighted by atomic mass is 35.5. The lowest BCUT2D eigenvalue weighted by atomic mass is 10.1. The number of hydrogen-bond acceptors (Lipinski definition) is 3. The second kappa shape index (κ2) is 9.11. The van der Waals surface area contributed by atoms with Crippen molar-refractivity contribution in [3.05, 3.63) is 128 Å². The molecule has 5 aromatic rings. The maximum absolute atomic E-state index is 13.6. The van der Waals surface area contributed by atoms with Crippen LogP contribution in [0.5, 0.6) is 0 Å². The third-order valence-electron chi connectivity index (χ3n) is 5.69. The zero-order chi connectivity index (χ0) is 23.7. The monoisotopic (exact) mass is 474 g/mol. The average molecular weight is 475 g/mol. The first-order valence-electron chi connectivity index (χ1n) is 10.8. The number of benzene rings is 3. The van der Waals surface area contributed by atoms with E-state index in [9.17, 15) is 14.0 Å². The molecule has 34 heavy (non-hydrogen) atoms. The SMILES string of the molecule is O=c1c2c(ncn2Cc2cccc(Cl)c2)n(-c2ccc(F)cc2)c(=O)n1CCc1ccccc1. The second-order valence-corrected chi connectivity index (χ2v) is 8.40. The van der Waals surface area contributed by atoms with Crippen molar-refractivity contribution in [2.45, 2.75) is 19.5 Å². The summed E-state index contributed by atoms with van der Waals surface area (Å²) in [5, 5.41) is 0.588. The van der Waals surface area contributed by atoms with Crippen LogP contribution in [0.1, 0.15) is 11.1 Å². The Labute approximate surface area is 199 Å². The van der Waals surface area contributed by atoms with Gasteiger partial charge in [0.05, 0.1) is 12.0 Å². The fraction of sp³-hybridized carbons (Fsp3) is 0.115. The third kappa shape index (κ3) is 4.18. The largest absolute Gasteiger partial charge is 0.337 e. The van der Waals surface area contributed by atoms with Crippen molar-refractivity contribution >= 4 is 22.8 Å². The Morgan fingerprint density at radius 2 is 1.62 bits per heavy atom. The van der Waals surface area contributed by atoms with Gasteiger partial charge in [-0.25, -0.2) is 18.7 Å². The minimum absolute atomic E-state index is 0.196. The fourth-order valence-electron chi connectivity index (χ4n) is 4.04. The van der Waals surface area contributed by atoms with Gasteiger partial charge in [-0.3, -0.25) is 9.36 Å². The minimum Gasteiger partial charge on any atom is -0.320 e. The van der Waals surface area contributed by atoms with Crippen molar-refractivity contribution in [1.29, 1.82) is 0 Å². The standard InChI is InChI=1S/C26H20ClFN4O2/c27-20-8-4-7-19(15-20)16-30-17-29-24-23(30)25(33)31(14-13-18-5-2-1-3-6-18)26(34)32(24)22-11-9-21(28)10-12-22/h1-12,15,17H,13-14,16H2. The second-order valence-electron chi connectivity index (χ2n) is 7.96. The molecule has 0 amide bonds. The van der Waals surface area contributed by atoms with Crippen molar-refractivity contribution in [2.24, 2.45) is 0 Å². The molecule has 5 rings (SSSR count). The topological polar surface area (TPSA) is 61.8 Å². The molecule has 0 saturated carbocycles. The Balaban J connectivity index is 1.69. The number of aryl methyl sites for hydroxylation is 1. The molecule has 0 bridgehead atoms. The molecule has 0 N–H and O–H groups in total. The van der Waals surface area contributed by atoms with Gasteiger partial charge in [0.15, 0.2) is 11.2 Å². The fourth-order valence-corrected chi connectivity index (χ4v) is 4.25. The van der Waals surface area contributed by atoms with Crippen molar-refractivity contribution in [1.82, 2.24) is 18.7 Å². The maximum Gasteiger partial charge on any atom is 0.337 e. The summed E-state index contributed by atoms with van der Waals surface area (Å²) in [5.41, 5.74) is 1.90. The van der Waals surface area contributed by atoms with Crippen molar-refractivity contribution in [3.63, 3.8) is 0 Å². The summed E-state index contributed by atoms with van der Waals surface area (Å²) >= 11 is 6.13. The van der Waals surface area contributed by atoms with Crippen molar-refractivity contribution < 1.29 is 4.39 Å². The normalized spacial score (nSPS) is 11.2. The van der Waals surface area contributed by atoms with Gasteiger partial charge in [-0.2, -0.15) is 0 Å². The molecule has 8 heteroatoms. The highest BCUT2D eigenvalue weighted by Crippen LogP contribution is 2.17. The van der Waals surface area contributed by atoms with E-state index in [0.29, 0.717) is 23.7 Å². The maximum atomic E-state index is 13.6. The van der Waals surface area contributed by atoms with Gasteiger partial charge in [-0.15, -0.1) is 0 Å². The molecule has 0 unspecified atom stereocenters. The van der Waals surface area contributed by atoms with Gasteiger partial charge in [0.1, 0.15) is 5.82 Å². The average Bonchev–Trinajstić information content (AvgIpc) is 3.24. The molecule has 0 spiro atoms. The number of halogens is 2. The van der Waals surface area contributed by atoms with Crippen LogP contribution in [0.4, 0.5) is 4.39 Å². The van der Waals surface area contributed by atoms with Crippen molar-refractivity contribution in [2.75, 3.05) is 0 Å². The number of fused-ring (bicyclic) bond motifs is 1. The van der Waals surface area contributed by atoms with Crippen LogP contribution in [-0.4, -0.2) is 18.7 Å². The molecule has 0 fully saturated rings. The van der Waals surface area contributed by atoms with E-state index in [4.69, 9.17) is 11.6 Å². The molecule has 0 aliphatic rings. The highest BCUT2D eigenvalue weighted by Gasteiger charge is 2.19. The van der Waals surface area contributed by atoms with E-state index in [1.54, 1.807) is 10.6 Å². The van der Waals surface area contributed by atoms with Crippen LogP contribution in [0.25, 0.3) is 16.9 Å². The molecular formula is C26H20ClFN4O2. The zero-order valence-electron chi connectivity index (χ0n) is 18.1. The molecule has 3 aromatic carbocycles. The summed E-state index contributed by atoms with van der Waals surface area (Å²) in [4.78, 5) is 31.4. The lowest BCUT2D eigenvalue weighted by Gasteiger charge is -2.13. The summed E-state index contributed by atoms with van der Waals surface area (Å²) in [7, 11) is 0. The molecule has 0 saturated heterocycles. The van der Waals surface area contributed by atoms with Crippen LogP contribution < -0.4 is 11.2 Å². The number of nitrogens with zero attached hydrogens (tertiary/aromatic N) is 4.